The topological polar surface area (TPSA) is 232 Å². The molecule has 0 aliphatic heterocycles. The predicted octanol–water partition coefficient (Wildman–Crippen LogP) is 14.0. The number of hydrogen-bond donors (Lipinski definition) is 1. The summed E-state index contributed by atoms with van der Waals surface area (Å²) in [5, 5.41) is 5.84. The Morgan fingerprint density at radius 3 is 1.26 bits per heavy atom. The molecule has 0 aliphatic carbocycles. The molecule has 0 unspecified atom stereocenters. The molecule has 0 amide bonds. The number of carbonyl (C=O) groups is 6. The fraction of sp³-hybridized carbons (Fsp3) is 0.353. The van der Waals surface area contributed by atoms with Crippen LogP contribution in [0.2, 0.25) is 0 Å². The molecule has 1 N–H and O–H groups in total. The van der Waals surface area contributed by atoms with Crippen LogP contribution < -0.4 is 33.8 Å². The quantitative estimate of drug-likeness (QED) is 0.00713. The molecular weight excluding hydrogens is 1150 g/mol. The smallest absolute Gasteiger partial charge is 0.343 e. The van der Waals surface area contributed by atoms with Gasteiger partial charge in [0.2, 0.25) is 5.13 Å². The number of carbonyl (C=O) groups excluding carboxylic acids is 6. The molecule has 88 heavy (non-hydrogen) atoms. The number of nitrogens with zero attached hydrogens (tertiary/aromatic N) is 2. The number of benzene rings is 5. The Bertz CT molecular complexity index is 3300. The standard InChI is InChI=1S/C68H77N3O16S/c1-5-61(72)82-41-21-13-9-17-37-78-52-29-25-49(26-30-52)66(76)86-59-45-51(48-69-71-68-70-58-36-34-55(47-60(58)88-68)81-40-20-12-16-24-44-85-64(75)8-4)65(56-35-33-54(46-57(56)59)80-39-19-11-15-23-43-84-63(74)7-3)87-67(77)50-27-31-53(32-28-50)79-38-18-10-14-22-42-83-62(73)6-2/h5-8,25-36,45-48H,1-4,9-24,37-44H2,(H,70,71)/b69-48+. The van der Waals surface area contributed by atoms with Crippen molar-refractivity contribution in [2.24, 2.45) is 5.10 Å². The molecule has 1 heterocycles. The van der Waals surface area contributed by atoms with Crippen LogP contribution in [0, 0.1) is 0 Å². The molecule has 6 aromatic rings. The highest BCUT2D eigenvalue weighted by atomic mass is 32.1. The summed E-state index contributed by atoms with van der Waals surface area (Å²) in [5.74, 6) is -0.567. The van der Waals surface area contributed by atoms with Crippen molar-refractivity contribution in [3.8, 4) is 34.5 Å². The number of ether oxygens (including phenoxy) is 10. The van der Waals surface area contributed by atoms with Crippen LogP contribution >= 0.6 is 11.3 Å². The van der Waals surface area contributed by atoms with Crippen molar-refractivity contribution in [1.82, 2.24) is 4.98 Å². The summed E-state index contributed by atoms with van der Waals surface area (Å²) >= 11 is 1.36. The maximum atomic E-state index is 14.2. The van der Waals surface area contributed by atoms with Crippen molar-refractivity contribution in [3.63, 3.8) is 0 Å². The van der Waals surface area contributed by atoms with Crippen LogP contribution in [0.1, 0.15) is 129 Å². The fourth-order valence-corrected chi connectivity index (χ4v) is 9.40. The average Bonchev–Trinajstić information content (AvgIpc) is 1.24. The van der Waals surface area contributed by atoms with Crippen LogP contribution in [0.5, 0.6) is 34.5 Å². The van der Waals surface area contributed by atoms with E-state index in [1.165, 1.54) is 17.6 Å². The summed E-state index contributed by atoms with van der Waals surface area (Å²) in [6.07, 6.45) is 19.0. The first-order valence-corrected chi connectivity index (χ1v) is 30.4. The SMILES string of the molecule is C=CC(=O)OCCCCCCOc1ccc(C(=O)Oc2cc(/C=N/Nc3nc4ccc(OCCCCCCOC(=O)C=C)cc4s3)c(OC(=O)c3ccc(OCCCCCCOC(=O)C=C)cc3)c3ccc(OCCCCCCOC(=O)C=C)cc23)cc1. The number of esters is 6. The first kappa shape index (κ1) is 67.8. The lowest BCUT2D eigenvalue weighted by molar-refractivity contribution is -0.138. The van der Waals surface area contributed by atoms with Gasteiger partial charge in [0.05, 0.1) is 80.4 Å². The number of anilines is 1. The van der Waals surface area contributed by atoms with Crippen LogP contribution in [0.15, 0.2) is 147 Å². The number of fused-ring (bicyclic) bond motifs is 2. The lowest BCUT2D eigenvalue weighted by Crippen LogP contribution is -2.12. The lowest BCUT2D eigenvalue weighted by atomic mass is 10.0. The molecule has 0 saturated heterocycles. The fourth-order valence-electron chi connectivity index (χ4n) is 8.55. The molecule has 20 heteroatoms. The van der Waals surface area contributed by atoms with Gasteiger partial charge in [-0.3, -0.25) is 5.43 Å². The van der Waals surface area contributed by atoms with Gasteiger partial charge in [0.15, 0.2) is 0 Å². The third-order valence-electron chi connectivity index (χ3n) is 13.2. The minimum absolute atomic E-state index is 0.119. The summed E-state index contributed by atoms with van der Waals surface area (Å²) in [7, 11) is 0. The van der Waals surface area contributed by atoms with E-state index in [0.29, 0.717) is 105 Å². The van der Waals surface area contributed by atoms with Crippen LogP contribution in [0.3, 0.4) is 0 Å². The van der Waals surface area contributed by atoms with Gasteiger partial charge in [0, 0.05) is 40.6 Å². The van der Waals surface area contributed by atoms with Gasteiger partial charge in [-0.25, -0.2) is 33.8 Å². The number of thiazole rings is 1. The average molecular weight is 1220 g/mol. The molecule has 1 aromatic heterocycles. The van der Waals surface area contributed by atoms with Crippen LogP contribution in [-0.4, -0.2) is 99.9 Å². The van der Waals surface area contributed by atoms with Crippen molar-refractivity contribution in [1.29, 1.82) is 0 Å². The summed E-state index contributed by atoms with van der Waals surface area (Å²) in [6.45, 7) is 16.8. The third-order valence-corrected chi connectivity index (χ3v) is 14.1. The molecule has 0 bridgehead atoms. The minimum atomic E-state index is -0.679. The summed E-state index contributed by atoms with van der Waals surface area (Å²) < 4.78 is 57.8. The van der Waals surface area contributed by atoms with E-state index in [-0.39, 0.29) is 28.2 Å². The molecule has 0 atom stereocenters. The second-order valence-corrected chi connectivity index (χ2v) is 20.9. The summed E-state index contributed by atoms with van der Waals surface area (Å²) in [5.41, 5.74) is 4.50. The molecule has 0 spiro atoms. The Morgan fingerprint density at radius 2 is 0.818 bits per heavy atom. The molecule has 0 saturated carbocycles. The molecule has 0 radical (unpaired) electrons. The first-order valence-electron chi connectivity index (χ1n) is 29.6. The Morgan fingerprint density at radius 1 is 0.432 bits per heavy atom. The van der Waals surface area contributed by atoms with Crippen molar-refractivity contribution >= 4 is 79.5 Å². The van der Waals surface area contributed by atoms with Crippen LogP contribution in [0.4, 0.5) is 5.13 Å². The van der Waals surface area contributed by atoms with Crippen LogP contribution in [0.25, 0.3) is 21.0 Å². The monoisotopic (exact) mass is 1220 g/mol. The largest absolute Gasteiger partial charge is 0.494 e. The van der Waals surface area contributed by atoms with E-state index in [1.807, 2.05) is 18.2 Å². The second-order valence-electron chi connectivity index (χ2n) is 19.9. The molecule has 466 valence electrons. The van der Waals surface area contributed by atoms with E-state index in [4.69, 9.17) is 52.4 Å². The highest BCUT2D eigenvalue weighted by molar-refractivity contribution is 7.22. The van der Waals surface area contributed by atoms with Crippen LogP contribution in [-0.2, 0) is 38.1 Å². The highest BCUT2D eigenvalue weighted by Crippen LogP contribution is 2.40. The van der Waals surface area contributed by atoms with Gasteiger partial charge in [-0.15, -0.1) is 0 Å². The number of hydrazone groups is 1. The molecule has 6 rings (SSSR count). The van der Waals surface area contributed by atoms with E-state index >= 15 is 0 Å². The van der Waals surface area contributed by atoms with E-state index in [9.17, 15) is 28.8 Å². The molecule has 19 nitrogen and oxygen atoms in total. The maximum absolute atomic E-state index is 14.2. The van der Waals surface area contributed by atoms with Gasteiger partial charge in [-0.05, 0) is 194 Å². The molecular formula is C68H77N3O16S. The van der Waals surface area contributed by atoms with Gasteiger partial charge in [-0.2, -0.15) is 5.10 Å². The molecule has 5 aromatic carbocycles. The van der Waals surface area contributed by atoms with Gasteiger partial charge in [0.25, 0.3) is 0 Å². The van der Waals surface area contributed by atoms with E-state index in [1.54, 1.807) is 72.8 Å². The Hall–Kier alpha value is -9.30. The Labute approximate surface area is 517 Å². The molecule has 0 fully saturated rings. The van der Waals surface area contributed by atoms with Gasteiger partial charge < -0.3 is 47.4 Å². The Kier molecular flexibility index (Phi) is 29.8. The van der Waals surface area contributed by atoms with Crippen molar-refractivity contribution in [2.75, 3.05) is 58.3 Å². The summed E-state index contributed by atoms with van der Waals surface area (Å²) in [6, 6.07) is 25.6. The number of nitrogens with one attached hydrogen (secondary N) is 1. The van der Waals surface area contributed by atoms with Crippen molar-refractivity contribution in [3.05, 3.63) is 158 Å². The van der Waals surface area contributed by atoms with Crippen molar-refractivity contribution in [2.45, 2.75) is 103 Å². The zero-order valence-electron chi connectivity index (χ0n) is 49.7. The Balaban J connectivity index is 1.21. The van der Waals surface area contributed by atoms with Crippen molar-refractivity contribution < 1.29 is 76.1 Å². The number of unbranched alkanes of at least 4 members (excludes halogenated alkanes) is 12. The van der Waals surface area contributed by atoms with Gasteiger partial charge in [0.1, 0.15) is 34.5 Å². The number of rotatable bonds is 43. The molecule has 0 aliphatic rings. The van der Waals surface area contributed by atoms with Gasteiger partial charge >= 0.3 is 35.8 Å². The normalized spacial score (nSPS) is 10.9. The minimum Gasteiger partial charge on any atom is -0.494 e. The van der Waals surface area contributed by atoms with Gasteiger partial charge in [-0.1, -0.05) is 37.7 Å². The third kappa shape index (κ3) is 24.2. The lowest BCUT2D eigenvalue weighted by Gasteiger charge is -2.16. The van der Waals surface area contributed by atoms with E-state index in [2.05, 4.69) is 36.8 Å². The predicted molar refractivity (Wildman–Crippen MR) is 338 cm³/mol. The van der Waals surface area contributed by atoms with E-state index < -0.39 is 35.8 Å². The van der Waals surface area contributed by atoms with E-state index in [0.717, 1.165) is 124 Å². The highest BCUT2D eigenvalue weighted by Gasteiger charge is 2.22. The number of hydrogen-bond acceptors (Lipinski definition) is 20. The second kappa shape index (κ2) is 38.7. The summed E-state index contributed by atoms with van der Waals surface area (Å²) in [4.78, 5) is 78.4. The maximum Gasteiger partial charge on any atom is 0.343 e. The number of aromatic nitrogens is 1. The zero-order chi connectivity index (χ0) is 62.6. The first-order chi connectivity index (χ1) is 43.0. The zero-order valence-corrected chi connectivity index (χ0v) is 50.5.